The minimum atomic E-state index is -2.33. The van der Waals surface area contributed by atoms with Crippen molar-refractivity contribution in [1.82, 2.24) is 0 Å². The number of aliphatic hydroxyl groups excluding tert-OH is 10. The zero-order valence-electron chi connectivity index (χ0n) is 44.6. The molecule has 16 unspecified atom stereocenters. The molecule has 0 spiro atoms. The Morgan fingerprint density at radius 1 is 0.727 bits per heavy atom. The molecule has 0 radical (unpaired) electrons. The summed E-state index contributed by atoms with van der Waals surface area (Å²) in [7, 11) is 0. The van der Waals surface area contributed by atoms with Crippen molar-refractivity contribution in [2.45, 2.75) is 208 Å². The van der Waals surface area contributed by atoms with Crippen molar-refractivity contribution in [2.24, 2.45) is 23.5 Å². The Morgan fingerprint density at radius 3 is 1.79 bits per heavy atom. The summed E-state index contributed by atoms with van der Waals surface area (Å²) in [5, 5.41) is 130. The number of esters is 1. The van der Waals surface area contributed by atoms with Crippen molar-refractivity contribution in [3.63, 3.8) is 0 Å². The Labute approximate surface area is 452 Å². The molecule has 3 rings (SSSR count). The van der Waals surface area contributed by atoms with Crippen molar-refractivity contribution >= 4 is 17.7 Å². The predicted molar refractivity (Wildman–Crippen MR) is 285 cm³/mol. The molecule has 0 amide bonds. The molecule has 0 saturated carbocycles. The molecule has 3 aliphatic rings. The van der Waals surface area contributed by atoms with Gasteiger partial charge in [0.05, 0.1) is 85.7 Å². The minimum absolute atomic E-state index is 0.0744. The molecule has 20 atom stereocenters. The molecule has 2 bridgehead atoms. The highest BCUT2D eigenvalue weighted by Crippen LogP contribution is 2.38. The largest absolute Gasteiger partial charge is 0.481 e. The summed E-state index contributed by atoms with van der Waals surface area (Å²) < 4.78 is 23.7. The molecule has 77 heavy (non-hydrogen) atoms. The van der Waals surface area contributed by atoms with Crippen LogP contribution in [0.25, 0.3) is 0 Å². The van der Waals surface area contributed by atoms with Crippen molar-refractivity contribution < 1.29 is 94.6 Å². The highest BCUT2D eigenvalue weighted by atomic mass is 16.7. The van der Waals surface area contributed by atoms with Crippen LogP contribution in [0.4, 0.5) is 0 Å². The van der Waals surface area contributed by atoms with Gasteiger partial charge in [0.25, 0.3) is 0 Å². The van der Waals surface area contributed by atoms with E-state index >= 15 is 0 Å². The Bertz CT molecular complexity index is 2050. The molecule has 0 aromatic heterocycles. The highest BCUT2D eigenvalue weighted by molar-refractivity contribution is 5.90. The lowest BCUT2D eigenvalue weighted by molar-refractivity contribution is -0.308. The van der Waals surface area contributed by atoms with Crippen LogP contribution in [0.15, 0.2) is 109 Å². The van der Waals surface area contributed by atoms with E-state index in [1.165, 1.54) is 19.1 Å². The third kappa shape index (κ3) is 25.1. The van der Waals surface area contributed by atoms with Crippen LogP contribution in [0.2, 0.25) is 0 Å². The average Bonchev–Trinajstić information content (AvgIpc) is 3.32. The summed E-state index contributed by atoms with van der Waals surface area (Å²) in [5.41, 5.74) is 6.04. The molecule has 0 aromatic rings. The second kappa shape index (κ2) is 34.6. The Morgan fingerprint density at radius 2 is 1.25 bits per heavy atom. The first-order valence-electron chi connectivity index (χ1n) is 26.6. The number of fused-ring (bicyclic) bond motifs is 2. The van der Waals surface area contributed by atoms with Gasteiger partial charge in [-0.25, -0.2) is 0 Å². The predicted octanol–water partition coefficient (Wildman–Crippen LogP) is 2.31. The Hall–Kier alpha value is -4.33. The van der Waals surface area contributed by atoms with Gasteiger partial charge in [0.1, 0.15) is 18.1 Å². The molecular weight excluding hydrogens is 1000 g/mol. The molecular formula is C57H87NO19. The molecule has 14 N–H and O–H groups in total. The molecule has 0 aliphatic carbocycles. The molecule has 0 aromatic carbocycles. The van der Waals surface area contributed by atoms with Gasteiger partial charge in [-0.15, -0.1) is 0 Å². The number of aliphatic hydroxyl groups is 11. The number of carbonyl (C=O) groups excluding carboxylic acids is 2. The topological polar surface area (TPSA) is 357 Å². The third-order valence-electron chi connectivity index (χ3n) is 13.6. The zero-order valence-corrected chi connectivity index (χ0v) is 44.6. The van der Waals surface area contributed by atoms with Crippen molar-refractivity contribution in [3.05, 3.63) is 109 Å². The summed E-state index contributed by atoms with van der Waals surface area (Å²) in [6.45, 7) is 7.06. The lowest BCUT2D eigenvalue weighted by Crippen LogP contribution is -2.61. The van der Waals surface area contributed by atoms with E-state index in [0.29, 0.717) is 6.42 Å². The first-order valence-corrected chi connectivity index (χ1v) is 26.6. The van der Waals surface area contributed by atoms with Gasteiger partial charge in [0, 0.05) is 31.6 Å². The smallest absolute Gasteiger partial charge is 0.311 e. The molecule has 20 nitrogen and oxygen atoms in total. The van der Waals surface area contributed by atoms with Crippen LogP contribution in [0, 0.1) is 17.8 Å². The fourth-order valence-corrected chi connectivity index (χ4v) is 9.62. The van der Waals surface area contributed by atoms with E-state index in [1.807, 2.05) is 26.8 Å². The van der Waals surface area contributed by atoms with Crippen LogP contribution in [0.3, 0.4) is 0 Å². The van der Waals surface area contributed by atoms with E-state index in [-0.39, 0.29) is 62.6 Å². The molecule has 3 aliphatic heterocycles. The lowest BCUT2D eigenvalue weighted by atomic mass is 9.82. The fraction of sp³-hybridized carbons (Fsp3) is 0.632. The average molecular weight is 1090 g/mol. The number of hydrogen-bond donors (Lipinski definition) is 13. The van der Waals surface area contributed by atoms with Crippen LogP contribution in [0.1, 0.15) is 105 Å². The quantitative estimate of drug-likeness (QED) is 0.0802. The van der Waals surface area contributed by atoms with Crippen molar-refractivity contribution in [2.75, 3.05) is 0 Å². The number of carbonyl (C=O) groups is 3. The van der Waals surface area contributed by atoms with Crippen LogP contribution >= 0.6 is 0 Å². The number of cyclic esters (lactones) is 1. The normalized spacial score (nSPS) is 37.4. The zero-order chi connectivity index (χ0) is 57.2. The summed E-state index contributed by atoms with van der Waals surface area (Å²) in [6, 6.07) is -1.16. The van der Waals surface area contributed by atoms with Gasteiger partial charge in [0.2, 0.25) is 0 Å². The number of carboxylic acids is 1. The summed E-state index contributed by atoms with van der Waals surface area (Å²) in [4.78, 5) is 38.1. The van der Waals surface area contributed by atoms with Gasteiger partial charge in [0.15, 0.2) is 17.9 Å². The summed E-state index contributed by atoms with van der Waals surface area (Å²) >= 11 is 0. The van der Waals surface area contributed by atoms with E-state index in [0.717, 1.165) is 0 Å². The van der Waals surface area contributed by atoms with Gasteiger partial charge in [-0.3, -0.25) is 14.4 Å². The van der Waals surface area contributed by atoms with E-state index in [1.54, 1.807) is 91.1 Å². The summed E-state index contributed by atoms with van der Waals surface area (Å²) in [5.74, 6) is -7.00. The maximum atomic E-state index is 13.3. The number of aliphatic carboxylic acids is 1. The fourth-order valence-electron chi connectivity index (χ4n) is 9.62. The Kier molecular flexibility index (Phi) is 30.1. The molecule has 2 saturated heterocycles. The van der Waals surface area contributed by atoms with Gasteiger partial charge < -0.3 is 86.0 Å². The monoisotopic (exact) mass is 1090 g/mol. The molecule has 20 heteroatoms. The SMILES string of the molecule is CC=CC=CC(=O)CC(O)CCC(C)C1OC(=O)CC(O)CC(O)CC(O)CC(O)CC(O)CC(O)CC2(O)CC(O)C(C(=O)O)C(CC(OC3O[C@H](C)[C@@H](O)[C@H](N)[C@@H]3O)C=CC=CC=CC=CC=CC=CC=CC1C)O2. The number of hydrogen-bond acceptors (Lipinski definition) is 19. The molecule has 434 valence electrons. The second-order valence-corrected chi connectivity index (χ2v) is 20.7. The number of ether oxygens (including phenoxy) is 4. The minimum Gasteiger partial charge on any atom is -0.481 e. The van der Waals surface area contributed by atoms with Gasteiger partial charge in [-0.05, 0) is 70.8 Å². The number of allylic oxidation sites excluding steroid dienone is 16. The maximum absolute atomic E-state index is 13.3. The van der Waals surface area contributed by atoms with E-state index in [9.17, 15) is 75.7 Å². The van der Waals surface area contributed by atoms with Crippen LogP contribution in [0.5, 0.6) is 0 Å². The van der Waals surface area contributed by atoms with Crippen LogP contribution < -0.4 is 5.73 Å². The highest BCUT2D eigenvalue weighted by Gasteiger charge is 2.51. The number of rotatable bonds is 11. The molecule has 3 heterocycles. The van der Waals surface area contributed by atoms with E-state index < -0.39 is 147 Å². The number of nitrogens with two attached hydrogens (primary N) is 1. The first-order chi connectivity index (χ1) is 36.4. The van der Waals surface area contributed by atoms with Gasteiger partial charge in [-0.1, -0.05) is 117 Å². The van der Waals surface area contributed by atoms with Crippen molar-refractivity contribution in [1.29, 1.82) is 0 Å². The van der Waals surface area contributed by atoms with Gasteiger partial charge >= 0.3 is 11.9 Å². The second-order valence-electron chi connectivity index (χ2n) is 20.7. The van der Waals surface area contributed by atoms with E-state index in [2.05, 4.69) is 0 Å². The van der Waals surface area contributed by atoms with E-state index in [4.69, 9.17) is 24.7 Å². The summed E-state index contributed by atoms with van der Waals surface area (Å²) in [6.07, 6.45) is 8.22. The maximum Gasteiger partial charge on any atom is 0.311 e. The van der Waals surface area contributed by atoms with Crippen LogP contribution in [-0.4, -0.2) is 183 Å². The lowest BCUT2D eigenvalue weighted by Gasteiger charge is -2.45. The number of carboxylic acid groups (broad SMARTS) is 1. The van der Waals surface area contributed by atoms with Crippen LogP contribution in [-0.2, 0) is 33.3 Å². The first kappa shape index (κ1) is 66.9. The third-order valence-corrected chi connectivity index (χ3v) is 13.6. The standard InChI is InChI=1S/C57H87NO19/c1-5-6-17-21-38(59)25-39(60)24-23-36(3)54-35(2)20-18-15-13-11-9-7-8-10-12-14-16-19-22-46(75-56-53(70)51(58)52(69)37(4)74-56)32-48-50(55(71)72)47(67)34-57(73,77-48)33-45(66)30-43(64)28-41(62)26-40(61)27-42(63)29-44(65)31-49(68)76-54/h5-22,35-37,39-48,50-54,56,60-67,69-70,73H,23-34,58H2,1-4H3,(H,71,72)/t35?,36?,37-,39?,40?,41?,42?,43?,44?,45?,46?,47?,48?,50?,51+,52-,53+,54?,56?,57?/m1/s1. The van der Waals surface area contributed by atoms with Crippen molar-refractivity contribution in [3.8, 4) is 0 Å². The Balaban J connectivity index is 1.87. The number of ketones is 1. The molecule has 2 fully saturated rings. The van der Waals surface area contributed by atoms with Gasteiger partial charge in [-0.2, -0.15) is 0 Å².